The first kappa shape index (κ1) is 11.5. The van der Waals surface area contributed by atoms with Crippen LogP contribution in [0.25, 0.3) is 6.08 Å². The highest BCUT2D eigenvalue weighted by Crippen LogP contribution is 2.15. The molecule has 0 amide bonds. The van der Waals surface area contributed by atoms with E-state index in [4.69, 9.17) is 0 Å². The van der Waals surface area contributed by atoms with Gasteiger partial charge in [0.1, 0.15) is 0 Å². The molecule has 17 heavy (non-hydrogen) atoms. The number of hydrogen-bond acceptors (Lipinski definition) is 4. The summed E-state index contributed by atoms with van der Waals surface area (Å²) in [6, 6.07) is 9.40. The van der Waals surface area contributed by atoms with Crippen LogP contribution in [0.5, 0.6) is 0 Å². The van der Waals surface area contributed by atoms with Crippen molar-refractivity contribution in [3.63, 3.8) is 0 Å². The molecule has 0 saturated carbocycles. The summed E-state index contributed by atoms with van der Waals surface area (Å²) >= 11 is 1.39. The Kier molecular flexibility index (Phi) is 3.62. The first-order valence-corrected chi connectivity index (χ1v) is 5.91. The number of aromatic nitrogens is 1. The van der Waals surface area contributed by atoms with Crippen molar-refractivity contribution in [3.8, 4) is 0 Å². The Morgan fingerprint density at radius 1 is 1.41 bits per heavy atom. The second-order valence-corrected chi connectivity index (χ2v) is 4.38. The minimum atomic E-state index is -0.341. The smallest absolute Gasteiger partial charge is 0.252 e. The lowest BCUT2D eigenvalue weighted by Gasteiger charge is -1.98. The minimum Gasteiger partial charge on any atom is -0.259 e. The highest BCUT2D eigenvalue weighted by molar-refractivity contribution is 7.10. The fraction of sp³-hybridized carbons (Fsp3) is 0.0833. The van der Waals surface area contributed by atoms with Crippen molar-refractivity contribution in [2.45, 2.75) is 6.42 Å². The lowest BCUT2D eigenvalue weighted by atomic mass is 10.1. The van der Waals surface area contributed by atoms with Crippen LogP contribution >= 0.6 is 11.3 Å². The summed E-state index contributed by atoms with van der Waals surface area (Å²) < 4.78 is 0. The van der Waals surface area contributed by atoms with Gasteiger partial charge in [-0.25, -0.2) is 0 Å². The van der Waals surface area contributed by atoms with Crippen molar-refractivity contribution in [2.24, 2.45) is 0 Å². The first-order chi connectivity index (χ1) is 8.25. The standard InChI is InChI=1S/C12H10N2O2S/c15-14(16)11(7-12-8-13-9-17-12)6-10-4-2-1-3-5-10/h1-5,7-9H,6H2/b11-7+. The van der Waals surface area contributed by atoms with Gasteiger partial charge in [-0.05, 0) is 5.56 Å². The van der Waals surface area contributed by atoms with E-state index < -0.39 is 0 Å². The van der Waals surface area contributed by atoms with Crippen molar-refractivity contribution in [1.29, 1.82) is 0 Å². The van der Waals surface area contributed by atoms with Gasteiger partial charge in [-0.2, -0.15) is 0 Å². The van der Waals surface area contributed by atoms with E-state index in [1.54, 1.807) is 17.8 Å². The van der Waals surface area contributed by atoms with Crippen molar-refractivity contribution in [1.82, 2.24) is 4.98 Å². The summed E-state index contributed by atoms with van der Waals surface area (Å²) in [5.41, 5.74) is 2.77. The van der Waals surface area contributed by atoms with Crippen LogP contribution in [0.2, 0.25) is 0 Å². The number of rotatable bonds is 4. The average molecular weight is 246 g/mol. The summed E-state index contributed by atoms with van der Waals surface area (Å²) in [4.78, 5) is 15.3. The highest BCUT2D eigenvalue weighted by Gasteiger charge is 2.12. The van der Waals surface area contributed by atoms with Gasteiger partial charge in [0.05, 0.1) is 21.7 Å². The molecule has 0 saturated heterocycles. The number of thiazole rings is 1. The molecule has 0 radical (unpaired) electrons. The Hall–Kier alpha value is -2.01. The predicted molar refractivity (Wildman–Crippen MR) is 67.2 cm³/mol. The quantitative estimate of drug-likeness (QED) is 0.615. The first-order valence-electron chi connectivity index (χ1n) is 5.03. The molecule has 86 valence electrons. The number of benzene rings is 1. The van der Waals surface area contributed by atoms with E-state index in [9.17, 15) is 10.1 Å². The molecule has 1 aromatic heterocycles. The molecule has 4 nitrogen and oxygen atoms in total. The molecule has 5 heteroatoms. The van der Waals surface area contributed by atoms with Gasteiger partial charge < -0.3 is 0 Å². The molecule has 0 spiro atoms. The van der Waals surface area contributed by atoms with E-state index in [1.807, 2.05) is 30.3 Å². The summed E-state index contributed by atoms with van der Waals surface area (Å²) in [5, 5.41) is 11.0. The van der Waals surface area contributed by atoms with Gasteiger partial charge in [-0.1, -0.05) is 30.3 Å². The van der Waals surface area contributed by atoms with Crippen LogP contribution in [0.4, 0.5) is 0 Å². The molecule has 0 aliphatic heterocycles. The molecule has 0 bridgehead atoms. The number of nitrogens with zero attached hydrogens (tertiary/aromatic N) is 2. The maximum absolute atomic E-state index is 11.0. The van der Waals surface area contributed by atoms with Crippen molar-refractivity contribution < 1.29 is 4.92 Å². The monoisotopic (exact) mass is 246 g/mol. The van der Waals surface area contributed by atoms with E-state index in [2.05, 4.69) is 4.98 Å². The maximum atomic E-state index is 11.0. The van der Waals surface area contributed by atoms with Crippen LogP contribution in [0, 0.1) is 10.1 Å². The number of nitro groups is 1. The number of hydrogen-bond donors (Lipinski definition) is 0. The molecule has 0 N–H and O–H groups in total. The highest BCUT2D eigenvalue weighted by atomic mass is 32.1. The molecule has 0 aliphatic carbocycles. The minimum absolute atomic E-state index is 0.181. The van der Waals surface area contributed by atoms with Crippen LogP contribution in [-0.4, -0.2) is 9.91 Å². The molecular weight excluding hydrogens is 236 g/mol. The van der Waals surface area contributed by atoms with Gasteiger partial charge in [0.15, 0.2) is 0 Å². The number of allylic oxidation sites excluding steroid dienone is 1. The predicted octanol–water partition coefficient (Wildman–Crippen LogP) is 3.00. The molecule has 1 aromatic carbocycles. The van der Waals surface area contributed by atoms with E-state index in [-0.39, 0.29) is 10.6 Å². The molecular formula is C12H10N2O2S. The van der Waals surface area contributed by atoms with Crippen LogP contribution < -0.4 is 0 Å². The molecule has 0 unspecified atom stereocenters. The summed E-state index contributed by atoms with van der Waals surface area (Å²) in [5.74, 6) is 0. The third-order valence-corrected chi connectivity index (χ3v) is 2.95. The third kappa shape index (κ3) is 3.22. The lowest BCUT2D eigenvalue weighted by Crippen LogP contribution is -2.01. The van der Waals surface area contributed by atoms with Gasteiger partial charge >= 0.3 is 0 Å². The molecule has 1 heterocycles. The van der Waals surface area contributed by atoms with E-state index in [0.29, 0.717) is 6.42 Å². The molecule has 2 rings (SSSR count). The zero-order chi connectivity index (χ0) is 12.1. The van der Waals surface area contributed by atoms with Crippen LogP contribution in [-0.2, 0) is 6.42 Å². The fourth-order valence-corrected chi connectivity index (χ4v) is 2.00. The molecule has 2 aromatic rings. The summed E-state index contributed by atoms with van der Waals surface area (Å²) in [6.07, 6.45) is 3.52. The Morgan fingerprint density at radius 2 is 2.18 bits per heavy atom. The Balaban J connectivity index is 2.22. The van der Waals surface area contributed by atoms with E-state index in [1.165, 1.54) is 11.3 Å². The zero-order valence-electron chi connectivity index (χ0n) is 8.95. The topological polar surface area (TPSA) is 56.0 Å². The van der Waals surface area contributed by atoms with E-state index >= 15 is 0 Å². The van der Waals surface area contributed by atoms with Crippen molar-refractivity contribution in [3.05, 3.63) is 68.3 Å². The van der Waals surface area contributed by atoms with Gasteiger partial charge in [0.2, 0.25) is 0 Å². The van der Waals surface area contributed by atoms with Gasteiger partial charge in [-0.15, -0.1) is 11.3 Å². The van der Waals surface area contributed by atoms with Crippen LogP contribution in [0.15, 0.2) is 47.7 Å². The molecule has 0 aliphatic rings. The van der Waals surface area contributed by atoms with Gasteiger partial charge in [0, 0.05) is 12.3 Å². The zero-order valence-corrected chi connectivity index (χ0v) is 9.76. The second kappa shape index (κ2) is 5.36. The summed E-state index contributed by atoms with van der Waals surface area (Å²) in [7, 11) is 0. The SMILES string of the molecule is O=[N+]([O-])/C(=C/c1cncs1)Cc1ccccc1. The second-order valence-electron chi connectivity index (χ2n) is 3.46. The van der Waals surface area contributed by atoms with Gasteiger partial charge in [-0.3, -0.25) is 15.1 Å². The van der Waals surface area contributed by atoms with Crippen LogP contribution in [0.3, 0.4) is 0 Å². The Bertz CT molecular complexity index is 521. The van der Waals surface area contributed by atoms with Crippen molar-refractivity contribution >= 4 is 17.4 Å². The van der Waals surface area contributed by atoms with Gasteiger partial charge in [0.25, 0.3) is 5.70 Å². The largest absolute Gasteiger partial charge is 0.259 e. The van der Waals surface area contributed by atoms with E-state index in [0.717, 1.165) is 10.4 Å². The average Bonchev–Trinajstić information content (AvgIpc) is 2.82. The van der Waals surface area contributed by atoms with Crippen LogP contribution in [0.1, 0.15) is 10.4 Å². The Labute approximate surface area is 102 Å². The Morgan fingerprint density at radius 3 is 2.76 bits per heavy atom. The summed E-state index contributed by atoms with van der Waals surface area (Å²) in [6.45, 7) is 0. The maximum Gasteiger partial charge on any atom is 0.252 e. The molecule has 0 atom stereocenters. The third-order valence-electron chi connectivity index (χ3n) is 2.22. The lowest BCUT2D eigenvalue weighted by molar-refractivity contribution is -0.425. The molecule has 0 fully saturated rings. The fourth-order valence-electron chi connectivity index (χ4n) is 1.43. The van der Waals surface area contributed by atoms with Crippen molar-refractivity contribution in [2.75, 3.05) is 0 Å². The normalized spacial score (nSPS) is 11.4.